The molecule has 0 spiro atoms. The zero-order valence-electron chi connectivity index (χ0n) is 18.9. The Morgan fingerprint density at radius 2 is 1.94 bits per heavy atom. The van der Waals surface area contributed by atoms with E-state index < -0.39 is 42.0 Å². The van der Waals surface area contributed by atoms with Crippen LogP contribution < -0.4 is 5.32 Å². The van der Waals surface area contributed by atoms with Crippen molar-refractivity contribution < 1.29 is 38.4 Å². The van der Waals surface area contributed by atoms with Gasteiger partial charge in [-0.25, -0.2) is 14.4 Å². The standard InChI is InChI=1S/C22H32N2O8/c1-5-29-18(17(19(25)26)23-20(27)32-22(2,3)4)16-13-24(11-12-30-16)21(28)31-14-15-9-7-6-8-10-15/h6-10,16-18H,5,11-14H2,1-4H3,(H,23,27)(H,25,26)/t16-,17+,18-/m1/s1. The number of rotatable bonds is 8. The van der Waals surface area contributed by atoms with E-state index in [1.165, 1.54) is 4.90 Å². The van der Waals surface area contributed by atoms with Crippen molar-refractivity contribution in [3.63, 3.8) is 0 Å². The molecule has 32 heavy (non-hydrogen) atoms. The SMILES string of the molecule is CCO[C@@H]([C@H](NC(=O)OC(C)(C)C)C(=O)O)[C@H]1CN(C(=O)OCc2ccccc2)CCO1. The van der Waals surface area contributed by atoms with E-state index in [1.54, 1.807) is 27.7 Å². The van der Waals surface area contributed by atoms with Crippen molar-refractivity contribution in [2.75, 3.05) is 26.3 Å². The molecule has 0 saturated carbocycles. The van der Waals surface area contributed by atoms with Gasteiger partial charge >= 0.3 is 18.2 Å². The molecule has 0 aromatic heterocycles. The molecule has 0 unspecified atom stereocenters. The van der Waals surface area contributed by atoms with Crippen LogP contribution in [-0.4, -0.2) is 78.3 Å². The first-order valence-corrected chi connectivity index (χ1v) is 10.5. The fourth-order valence-corrected chi connectivity index (χ4v) is 3.18. The van der Waals surface area contributed by atoms with Crippen LogP contribution in [0.1, 0.15) is 33.3 Å². The number of carboxylic acid groups (broad SMARTS) is 1. The van der Waals surface area contributed by atoms with Gasteiger partial charge in [0.25, 0.3) is 0 Å². The van der Waals surface area contributed by atoms with E-state index in [0.717, 1.165) is 5.56 Å². The smallest absolute Gasteiger partial charge is 0.410 e. The normalized spacial score (nSPS) is 18.4. The summed E-state index contributed by atoms with van der Waals surface area (Å²) in [6.45, 7) is 7.54. The number of carboxylic acids is 1. The van der Waals surface area contributed by atoms with E-state index in [-0.39, 0.29) is 26.4 Å². The summed E-state index contributed by atoms with van der Waals surface area (Å²) in [5, 5.41) is 12.1. The highest BCUT2D eigenvalue weighted by molar-refractivity contribution is 5.80. The van der Waals surface area contributed by atoms with Crippen LogP contribution >= 0.6 is 0 Å². The van der Waals surface area contributed by atoms with Crippen LogP contribution in [0.3, 0.4) is 0 Å². The molecular formula is C22H32N2O8. The van der Waals surface area contributed by atoms with E-state index in [0.29, 0.717) is 6.54 Å². The molecule has 1 heterocycles. The van der Waals surface area contributed by atoms with E-state index in [9.17, 15) is 19.5 Å². The van der Waals surface area contributed by atoms with Crippen molar-refractivity contribution >= 4 is 18.2 Å². The van der Waals surface area contributed by atoms with Crippen LogP contribution in [0.15, 0.2) is 30.3 Å². The Hall–Kier alpha value is -2.85. The number of carbonyl (C=O) groups is 3. The Morgan fingerprint density at radius 3 is 2.53 bits per heavy atom. The number of nitrogens with zero attached hydrogens (tertiary/aromatic N) is 1. The molecule has 178 valence electrons. The molecule has 0 bridgehead atoms. The van der Waals surface area contributed by atoms with Gasteiger partial charge in [0.2, 0.25) is 0 Å². The van der Waals surface area contributed by atoms with E-state index in [4.69, 9.17) is 18.9 Å². The number of benzene rings is 1. The number of ether oxygens (including phenoxy) is 4. The summed E-state index contributed by atoms with van der Waals surface area (Å²) < 4.78 is 21.9. The van der Waals surface area contributed by atoms with Crippen molar-refractivity contribution in [1.82, 2.24) is 10.2 Å². The monoisotopic (exact) mass is 452 g/mol. The fraction of sp³-hybridized carbons (Fsp3) is 0.591. The van der Waals surface area contributed by atoms with Crippen molar-refractivity contribution in [3.05, 3.63) is 35.9 Å². The average Bonchev–Trinajstić information content (AvgIpc) is 2.74. The number of aliphatic carboxylic acids is 1. The molecular weight excluding hydrogens is 420 g/mol. The molecule has 10 nitrogen and oxygen atoms in total. The summed E-state index contributed by atoms with van der Waals surface area (Å²) in [7, 11) is 0. The van der Waals surface area contributed by atoms with Gasteiger partial charge in [0.15, 0.2) is 6.04 Å². The van der Waals surface area contributed by atoms with Crippen LogP contribution in [0, 0.1) is 0 Å². The van der Waals surface area contributed by atoms with Gasteiger partial charge in [0.1, 0.15) is 24.4 Å². The maximum absolute atomic E-state index is 12.5. The topological polar surface area (TPSA) is 124 Å². The van der Waals surface area contributed by atoms with E-state index >= 15 is 0 Å². The van der Waals surface area contributed by atoms with Gasteiger partial charge in [-0.15, -0.1) is 0 Å². The molecule has 2 amide bonds. The molecule has 1 aliphatic rings. The van der Waals surface area contributed by atoms with Crippen molar-refractivity contribution in [2.24, 2.45) is 0 Å². The third-order valence-electron chi connectivity index (χ3n) is 4.55. The molecule has 1 saturated heterocycles. The highest BCUT2D eigenvalue weighted by atomic mass is 16.6. The Labute approximate surface area is 187 Å². The van der Waals surface area contributed by atoms with Gasteiger partial charge in [-0.3, -0.25) is 0 Å². The molecule has 3 atom stereocenters. The average molecular weight is 453 g/mol. The molecule has 0 aliphatic carbocycles. The van der Waals surface area contributed by atoms with Gasteiger partial charge < -0.3 is 34.3 Å². The lowest BCUT2D eigenvalue weighted by Crippen LogP contribution is -2.60. The number of carbonyl (C=O) groups excluding carboxylic acids is 2. The third kappa shape index (κ3) is 8.01. The Kier molecular flexibility index (Phi) is 9.27. The molecule has 1 fully saturated rings. The molecule has 2 rings (SSSR count). The highest BCUT2D eigenvalue weighted by Crippen LogP contribution is 2.18. The highest BCUT2D eigenvalue weighted by Gasteiger charge is 2.41. The summed E-state index contributed by atoms with van der Waals surface area (Å²) >= 11 is 0. The predicted octanol–water partition coefficient (Wildman–Crippen LogP) is 2.41. The first kappa shape index (κ1) is 25.4. The number of amides is 2. The lowest BCUT2D eigenvalue weighted by Gasteiger charge is -2.38. The maximum Gasteiger partial charge on any atom is 0.410 e. The van der Waals surface area contributed by atoms with Crippen LogP contribution in [0.25, 0.3) is 0 Å². The molecule has 2 N–H and O–H groups in total. The molecule has 0 radical (unpaired) electrons. The molecule has 10 heteroatoms. The molecule has 1 aromatic carbocycles. The first-order chi connectivity index (χ1) is 15.1. The van der Waals surface area contributed by atoms with Crippen LogP contribution in [-0.2, 0) is 30.3 Å². The predicted molar refractivity (Wildman–Crippen MR) is 114 cm³/mol. The first-order valence-electron chi connectivity index (χ1n) is 10.5. The van der Waals surface area contributed by atoms with Gasteiger partial charge in [-0.2, -0.15) is 0 Å². The van der Waals surface area contributed by atoms with Gasteiger partial charge in [-0.1, -0.05) is 30.3 Å². The zero-order valence-corrected chi connectivity index (χ0v) is 18.9. The lowest BCUT2D eigenvalue weighted by molar-refractivity contribution is -0.154. The number of hydrogen-bond acceptors (Lipinski definition) is 7. The van der Waals surface area contributed by atoms with E-state index in [2.05, 4.69) is 5.32 Å². The number of nitrogens with one attached hydrogen (secondary N) is 1. The van der Waals surface area contributed by atoms with Gasteiger partial charge in [-0.05, 0) is 33.3 Å². The second kappa shape index (κ2) is 11.7. The van der Waals surface area contributed by atoms with E-state index in [1.807, 2.05) is 30.3 Å². The van der Waals surface area contributed by atoms with Crippen molar-refractivity contribution in [2.45, 2.75) is 58.2 Å². The number of alkyl carbamates (subject to hydrolysis) is 1. The van der Waals surface area contributed by atoms with Crippen LogP contribution in [0.2, 0.25) is 0 Å². The quantitative estimate of drug-likeness (QED) is 0.616. The Morgan fingerprint density at radius 1 is 1.25 bits per heavy atom. The minimum atomic E-state index is -1.44. The molecule has 1 aliphatic heterocycles. The fourth-order valence-electron chi connectivity index (χ4n) is 3.18. The van der Waals surface area contributed by atoms with Gasteiger partial charge in [0.05, 0.1) is 13.2 Å². The second-order valence-electron chi connectivity index (χ2n) is 8.28. The van der Waals surface area contributed by atoms with Crippen molar-refractivity contribution in [3.8, 4) is 0 Å². The Bertz CT molecular complexity index is 765. The Balaban J connectivity index is 2.05. The molecule has 1 aromatic rings. The third-order valence-corrected chi connectivity index (χ3v) is 4.55. The summed E-state index contributed by atoms with van der Waals surface area (Å²) in [5.74, 6) is -1.30. The number of morpholine rings is 1. The summed E-state index contributed by atoms with van der Waals surface area (Å²) in [5.41, 5.74) is 0.0554. The second-order valence-corrected chi connectivity index (χ2v) is 8.28. The van der Waals surface area contributed by atoms with Crippen LogP contribution in [0.4, 0.5) is 9.59 Å². The van der Waals surface area contributed by atoms with Crippen molar-refractivity contribution in [1.29, 1.82) is 0 Å². The maximum atomic E-state index is 12.5. The largest absolute Gasteiger partial charge is 0.480 e. The number of hydrogen-bond donors (Lipinski definition) is 2. The minimum Gasteiger partial charge on any atom is -0.480 e. The van der Waals surface area contributed by atoms with Crippen LogP contribution in [0.5, 0.6) is 0 Å². The summed E-state index contributed by atoms with van der Waals surface area (Å²) in [6.07, 6.45) is -3.26. The summed E-state index contributed by atoms with van der Waals surface area (Å²) in [4.78, 5) is 38.1. The lowest BCUT2D eigenvalue weighted by atomic mass is 10.0. The minimum absolute atomic E-state index is 0.0536. The van der Waals surface area contributed by atoms with Gasteiger partial charge in [0, 0.05) is 13.2 Å². The summed E-state index contributed by atoms with van der Waals surface area (Å²) in [6, 6.07) is 7.83. The zero-order chi connectivity index (χ0) is 23.7.